The fourth-order valence-electron chi connectivity index (χ4n) is 2.64. The van der Waals surface area contributed by atoms with Gasteiger partial charge in [0.15, 0.2) is 0 Å². The monoisotopic (exact) mass is 280 g/mol. The Morgan fingerprint density at radius 1 is 1.35 bits per heavy atom. The normalized spacial score (nSPS) is 17.5. The van der Waals surface area contributed by atoms with E-state index in [2.05, 4.69) is 15.6 Å². The number of nitrogens with zero attached hydrogens (tertiary/aromatic N) is 2. The molecule has 7 heteroatoms. The standard InChI is InChI=1S/C13H20N4O3/c1-14-11-7-10(17(19)20)8-12(15-11)16-13(9-18)5-3-2-4-6-13/h7-8,18H,2-6,9H2,1H3,(H2,14,15,16). The van der Waals surface area contributed by atoms with Crippen molar-refractivity contribution in [2.24, 2.45) is 0 Å². The summed E-state index contributed by atoms with van der Waals surface area (Å²) in [5, 5.41) is 26.6. The van der Waals surface area contributed by atoms with Gasteiger partial charge >= 0.3 is 0 Å². The first kappa shape index (κ1) is 14.5. The maximum absolute atomic E-state index is 10.9. The third-order valence-electron chi connectivity index (χ3n) is 3.78. The van der Waals surface area contributed by atoms with Crippen LogP contribution in [0.15, 0.2) is 12.1 Å². The van der Waals surface area contributed by atoms with Gasteiger partial charge in [0.05, 0.1) is 29.2 Å². The van der Waals surface area contributed by atoms with E-state index in [1.54, 1.807) is 7.05 Å². The average Bonchev–Trinajstić information content (AvgIpc) is 2.47. The highest BCUT2D eigenvalue weighted by atomic mass is 16.6. The molecular formula is C13H20N4O3. The zero-order valence-corrected chi connectivity index (χ0v) is 11.6. The molecule has 0 aliphatic heterocycles. The van der Waals surface area contributed by atoms with E-state index in [0.29, 0.717) is 11.6 Å². The molecule has 0 bridgehead atoms. The summed E-state index contributed by atoms with van der Waals surface area (Å²) >= 11 is 0. The Hall–Kier alpha value is -1.89. The van der Waals surface area contributed by atoms with Gasteiger partial charge in [-0.3, -0.25) is 10.1 Å². The lowest BCUT2D eigenvalue weighted by Crippen LogP contribution is -2.44. The molecule has 0 amide bonds. The van der Waals surface area contributed by atoms with Crippen molar-refractivity contribution in [3.63, 3.8) is 0 Å². The van der Waals surface area contributed by atoms with Crippen LogP contribution in [-0.4, -0.2) is 34.2 Å². The van der Waals surface area contributed by atoms with E-state index < -0.39 is 10.5 Å². The van der Waals surface area contributed by atoms with Crippen molar-refractivity contribution >= 4 is 17.3 Å². The summed E-state index contributed by atoms with van der Waals surface area (Å²) in [4.78, 5) is 14.8. The minimum absolute atomic E-state index is 0.00621. The van der Waals surface area contributed by atoms with Crippen molar-refractivity contribution in [2.75, 3.05) is 24.3 Å². The first-order valence-electron chi connectivity index (χ1n) is 6.82. The topological polar surface area (TPSA) is 100 Å². The lowest BCUT2D eigenvalue weighted by atomic mass is 9.82. The van der Waals surface area contributed by atoms with Crippen LogP contribution in [0.25, 0.3) is 0 Å². The van der Waals surface area contributed by atoms with Gasteiger partial charge in [-0.1, -0.05) is 19.3 Å². The molecule has 1 aromatic rings. The summed E-state index contributed by atoms with van der Waals surface area (Å²) in [7, 11) is 1.66. The van der Waals surface area contributed by atoms with Crippen molar-refractivity contribution in [1.82, 2.24) is 4.98 Å². The number of anilines is 2. The van der Waals surface area contributed by atoms with E-state index in [9.17, 15) is 15.2 Å². The van der Waals surface area contributed by atoms with Crippen LogP contribution >= 0.6 is 0 Å². The summed E-state index contributed by atoms with van der Waals surface area (Å²) in [5.41, 5.74) is -0.429. The van der Waals surface area contributed by atoms with Crippen molar-refractivity contribution < 1.29 is 10.0 Å². The molecule has 0 spiro atoms. The molecule has 1 heterocycles. The molecule has 0 unspecified atom stereocenters. The Labute approximate surface area is 117 Å². The molecule has 7 nitrogen and oxygen atoms in total. The highest BCUT2D eigenvalue weighted by Gasteiger charge is 2.32. The Kier molecular flexibility index (Phi) is 4.39. The predicted octanol–water partition coefficient (Wildman–Crippen LogP) is 2.14. The highest BCUT2D eigenvalue weighted by Crippen LogP contribution is 2.32. The van der Waals surface area contributed by atoms with Crippen LogP contribution in [0.2, 0.25) is 0 Å². The van der Waals surface area contributed by atoms with E-state index in [1.165, 1.54) is 12.1 Å². The number of nitrogens with one attached hydrogen (secondary N) is 2. The number of nitro groups is 1. The Balaban J connectivity index is 2.27. The smallest absolute Gasteiger partial charge is 0.276 e. The molecule has 20 heavy (non-hydrogen) atoms. The van der Waals surface area contributed by atoms with E-state index in [1.807, 2.05) is 0 Å². The fraction of sp³-hybridized carbons (Fsp3) is 0.615. The second-order valence-corrected chi connectivity index (χ2v) is 5.23. The fourth-order valence-corrected chi connectivity index (χ4v) is 2.64. The quantitative estimate of drug-likeness (QED) is 0.564. The largest absolute Gasteiger partial charge is 0.394 e. The molecule has 1 fully saturated rings. The van der Waals surface area contributed by atoms with E-state index in [0.717, 1.165) is 32.1 Å². The SMILES string of the molecule is CNc1cc([N+](=O)[O-])cc(NC2(CO)CCCCC2)n1. The van der Waals surface area contributed by atoms with E-state index >= 15 is 0 Å². The first-order valence-corrected chi connectivity index (χ1v) is 6.82. The molecule has 110 valence electrons. The van der Waals surface area contributed by atoms with Gasteiger partial charge in [0.2, 0.25) is 0 Å². The van der Waals surface area contributed by atoms with Gasteiger partial charge in [0.1, 0.15) is 11.6 Å². The van der Waals surface area contributed by atoms with Gasteiger partial charge in [0.25, 0.3) is 5.69 Å². The molecule has 1 saturated carbocycles. The lowest BCUT2D eigenvalue weighted by molar-refractivity contribution is -0.384. The number of rotatable bonds is 5. The summed E-state index contributed by atoms with van der Waals surface area (Å²) in [6, 6.07) is 2.80. The molecule has 0 atom stereocenters. The Morgan fingerprint density at radius 2 is 2.00 bits per heavy atom. The van der Waals surface area contributed by atoms with Crippen LogP contribution in [0.4, 0.5) is 17.3 Å². The number of hydrogen-bond donors (Lipinski definition) is 3. The van der Waals surface area contributed by atoms with Gasteiger partial charge < -0.3 is 15.7 Å². The number of pyridine rings is 1. The second-order valence-electron chi connectivity index (χ2n) is 5.23. The molecule has 1 aromatic heterocycles. The molecular weight excluding hydrogens is 260 g/mol. The van der Waals surface area contributed by atoms with Gasteiger partial charge in [-0.05, 0) is 12.8 Å². The Bertz CT molecular complexity index is 487. The number of hydrogen-bond acceptors (Lipinski definition) is 6. The zero-order valence-electron chi connectivity index (χ0n) is 11.6. The van der Waals surface area contributed by atoms with Crippen LogP contribution < -0.4 is 10.6 Å². The molecule has 0 saturated heterocycles. The average molecular weight is 280 g/mol. The van der Waals surface area contributed by atoms with Gasteiger partial charge in [-0.15, -0.1) is 0 Å². The Morgan fingerprint density at radius 3 is 2.55 bits per heavy atom. The second kappa shape index (κ2) is 6.04. The minimum atomic E-state index is -0.444. The zero-order chi connectivity index (χ0) is 14.6. The highest BCUT2D eigenvalue weighted by molar-refractivity contribution is 5.55. The van der Waals surface area contributed by atoms with Crippen molar-refractivity contribution in [2.45, 2.75) is 37.6 Å². The van der Waals surface area contributed by atoms with E-state index in [4.69, 9.17) is 0 Å². The third-order valence-corrected chi connectivity index (χ3v) is 3.78. The van der Waals surface area contributed by atoms with Crippen molar-refractivity contribution in [3.8, 4) is 0 Å². The van der Waals surface area contributed by atoms with E-state index in [-0.39, 0.29) is 12.3 Å². The van der Waals surface area contributed by atoms with Crippen LogP contribution in [0.1, 0.15) is 32.1 Å². The van der Waals surface area contributed by atoms with Crippen LogP contribution in [0.5, 0.6) is 0 Å². The lowest BCUT2D eigenvalue weighted by Gasteiger charge is -2.36. The van der Waals surface area contributed by atoms with Crippen molar-refractivity contribution in [3.05, 3.63) is 22.2 Å². The molecule has 0 aromatic carbocycles. The van der Waals surface area contributed by atoms with Crippen LogP contribution in [-0.2, 0) is 0 Å². The molecule has 2 rings (SSSR count). The van der Waals surface area contributed by atoms with Crippen molar-refractivity contribution in [1.29, 1.82) is 0 Å². The third kappa shape index (κ3) is 3.16. The molecule has 1 aliphatic carbocycles. The molecule has 3 N–H and O–H groups in total. The first-order chi connectivity index (χ1) is 9.58. The predicted molar refractivity (Wildman–Crippen MR) is 77.0 cm³/mol. The maximum Gasteiger partial charge on any atom is 0.276 e. The van der Waals surface area contributed by atoms with Gasteiger partial charge in [0, 0.05) is 7.05 Å². The number of aromatic nitrogens is 1. The minimum Gasteiger partial charge on any atom is -0.394 e. The molecule has 1 aliphatic rings. The summed E-state index contributed by atoms with van der Waals surface area (Å²) in [6.45, 7) is 0.00621. The molecule has 0 radical (unpaired) electrons. The summed E-state index contributed by atoms with van der Waals surface area (Å²) in [5.74, 6) is 0.866. The van der Waals surface area contributed by atoms with Gasteiger partial charge in [-0.2, -0.15) is 0 Å². The van der Waals surface area contributed by atoms with Gasteiger partial charge in [-0.25, -0.2) is 4.98 Å². The van der Waals surface area contributed by atoms with Crippen LogP contribution in [0, 0.1) is 10.1 Å². The number of aliphatic hydroxyl groups excluding tert-OH is 1. The summed E-state index contributed by atoms with van der Waals surface area (Å²) < 4.78 is 0. The van der Waals surface area contributed by atoms with Crippen LogP contribution in [0.3, 0.4) is 0 Å². The summed E-state index contributed by atoms with van der Waals surface area (Å²) in [6.07, 6.45) is 4.95. The maximum atomic E-state index is 10.9. The number of aliphatic hydroxyl groups is 1.